The van der Waals surface area contributed by atoms with Gasteiger partial charge in [0.1, 0.15) is 5.82 Å². The zero-order valence-corrected chi connectivity index (χ0v) is 18.1. The summed E-state index contributed by atoms with van der Waals surface area (Å²) in [6, 6.07) is 3.71. The number of carbonyl (C=O) groups is 2. The largest absolute Gasteiger partial charge is 0.481 e. The Labute approximate surface area is 183 Å². The van der Waals surface area contributed by atoms with Crippen LogP contribution in [0.2, 0.25) is 0 Å². The van der Waals surface area contributed by atoms with E-state index in [1.54, 1.807) is 4.90 Å². The highest BCUT2D eigenvalue weighted by Gasteiger charge is 2.36. The number of benzene rings is 1. The van der Waals surface area contributed by atoms with E-state index >= 15 is 0 Å². The van der Waals surface area contributed by atoms with Gasteiger partial charge in [0.2, 0.25) is 0 Å². The topological polar surface area (TPSA) is 72.9 Å². The fourth-order valence-electron chi connectivity index (χ4n) is 5.10. The SMILES string of the molecule is Cl.O=C(O)CCC1CCC(N2CCN(c3cc(F)c4c(c3)CCNCC4)C2=O)CC1. The van der Waals surface area contributed by atoms with Crippen molar-refractivity contribution in [3.63, 3.8) is 0 Å². The van der Waals surface area contributed by atoms with Crippen molar-refractivity contribution in [2.45, 2.75) is 57.4 Å². The lowest BCUT2D eigenvalue weighted by molar-refractivity contribution is -0.137. The van der Waals surface area contributed by atoms with Crippen molar-refractivity contribution in [1.29, 1.82) is 0 Å². The first-order valence-corrected chi connectivity index (χ1v) is 10.8. The van der Waals surface area contributed by atoms with Crippen LogP contribution in [0.15, 0.2) is 12.1 Å². The number of rotatable bonds is 5. The summed E-state index contributed by atoms with van der Waals surface area (Å²) in [6.45, 7) is 2.88. The molecule has 0 bridgehead atoms. The number of nitrogens with zero attached hydrogens (tertiary/aromatic N) is 2. The van der Waals surface area contributed by atoms with Crippen molar-refractivity contribution in [2.24, 2.45) is 5.92 Å². The smallest absolute Gasteiger partial charge is 0.324 e. The van der Waals surface area contributed by atoms with Gasteiger partial charge in [-0.1, -0.05) is 0 Å². The van der Waals surface area contributed by atoms with E-state index in [0.717, 1.165) is 62.7 Å². The maximum atomic E-state index is 14.7. The molecule has 0 unspecified atom stereocenters. The summed E-state index contributed by atoms with van der Waals surface area (Å²) in [6.07, 6.45) is 6.22. The van der Waals surface area contributed by atoms with Crippen LogP contribution in [-0.2, 0) is 17.6 Å². The standard InChI is InChI=1S/C22H30FN3O3.ClH/c23-20-14-18(13-16-7-9-24-10-8-19(16)20)26-12-11-25(22(26)29)17-4-1-15(2-5-17)3-6-21(27)28;/h13-15,17,24H,1-12H2,(H,27,28);1H. The number of amides is 2. The molecule has 0 atom stereocenters. The molecule has 0 radical (unpaired) electrons. The molecule has 2 fully saturated rings. The predicted molar refractivity (Wildman–Crippen MR) is 116 cm³/mol. The number of carboxylic acid groups (broad SMARTS) is 1. The summed E-state index contributed by atoms with van der Waals surface area (Å²) < 4.78 is 14.7. The summed E-state index contributed by atoms with van der Waals surface area (Å²) in [5.41, 5.74) is 2.46. The number of fused-ring (bicyclic) bond motifs is 1. The van der Waals surface area contributed by atoms with E-state index < -0.39 is 5.97 Å². The molecule has 1 saturated carbocycles. The van der Waals surface area contributed by atoms with Crippen LogP contribution in [0.5, 0.6) is 0 Å². The number of carbonyl (C=O) groups excluding carboxylic acids is 1. The summed E-state index contributed by atoms with van der Waals surface area (Å²) >= 11 is 0. The molecule has 6 nitrogen and oxygen atoms in total. The molecule has 2 amide bonds. The lowest BCUT2D eigenvalue weighted by Crippen LogP contribution is -2.41. The third kappa shape index (κ3) is 4.89. The molecule has 30 heavy (non-hydrogen) atoms. The van der Waals surface area contributed by atoms with Crippen molar-refractivity contribution in [3.05, 3.63) is 29.1 Å². The average molecular weight is 440 g/mol. The van der Waals surface area contributed by atoms with Gasteiger partial charge in [-0.2, -0.15) is 0 Å². The molecule has 2 aliphatic heterocycles. The van der Waals surface area contributed by atoms with Gasteiger partial charge in [-0.05, 0) is 87.2 Å². The molecule has 4 rings (SSSR count). The van der Waals surface area contributed by atoms with Gasteiger partial charge in [-0.3, -0.25) is 9.69 Å². The zero-order chi connectivity index (χ0) is 20.4. The Balaban J connectivity index is 0.00000256. The number of hydrogen-bond acceptors (Lipinski definition) is 3. The molecule has 0 spiro atoms. The molecule has 2 N–H and O–H groups in total. The highest BCUT2D eigenvalue weighted by Crippen LogP contribution is 2.34. The molecular formula is C22H31ClFN3O3. The Morgan fingerprint density at radius 3 is 2.60 bits per heavy atom. The van der Waals surface area contributed by atoms with E-state index in [2.05, 4.69) is 5.32 Å². The minimum Gasteiger partial charge on any atom is -0.481 e. The first-order chi connectivity index (χ1) is 14.0. The Kier molecular flexibility index (Phi) is 7.58. The first kappa shape index (κ1) is 22.8. The number of carboxylic acids is 1. The minimum atomic E-state index is -0.735. The van der Waals surface area contributed by atoms with Gasteiger partial charge in [0.25, 0.3) is 0 Å². The summed E-state index contributed by atoms with van der Waals surface area (Å²) in [4.78, 5) is 27.5. The third-order valence-corrected chi connectivity index (χ3v) is 6.77. The number of anilines is 1. The molecular weight excluding hydrogens is 409 g/mol. The van der Waals surface area contributed by atoms with Crippen molar-refractivity contribution in [2.75, 3.05) is 31.1 Å². The van der Waals surface area contributed by atoms with Crippen LogP contribution in [-0.4, -0.2) is 54.2 Å². The molecule has 1 aliphatic carbocycles. The Morgan fingerprint density at radius 2 is 1.87 bits per heavy atom. The van der Waals surface area contributed by atoms with Gasteiger partial charge in [0, 0.05) is 31.2 Å². The Morgan fingerprint density at radius 1 is 1.13 bits per heavy atom. The van der Waals surface area contributed by atoms with Crippen LogP contribution in [0, 0.1) is 11.7 Å². The number of nitrogens with one attached hydrogen (secondary N) is 1. The highest BCUT2D eigenvalue weighted by atomic mass is 35.5. The maximum Gasteiger partial charge on any atom is 0.324 e. The van der Waals surface area contributed by atoms with Crippen LogP contribution >= 0.6 is 12.4 Å². The van der Waals surface area contributed by atoms with E-state index in [0.29, 0.717) is 31.1 Å². The van der Waals surface area contributed by atoms with Crippen molar-refractivity contribution >= 4 is 30.1 Å². The second-order valence-electron chi connectivity index (χ2n) is 8.55. The molecule has 1 aromatic rings. The number of halogens is 2. The van der Waals surface area contributed by atoms with E-state index in [1.165, 1.54) is 6.07 Å². The second kappa shape index (κ2) is 9.96. The van der Waals surface area contributed by atoms with Crippen LogP contribution in [0.1, 0.15) is 49.7 Å². The van der Waals surface area contributed by atoms with Crippen molar-refractivity contribution in [1.82, 2.24) is 10.2 Å². The third-order valence-electron chi connectivity index (χ3n) is 6.77. The Bertz CT molecular complexity index is 783. The van der Waals surface area contributed by atoms with Gasteiger partial charge in [-0.25, -0.2) is 9.18 Å². The van der Waals surface area contributed by atoms with Gasteiger partial charge in [0.15, 0.2) is 0 Å². The fraction of sp³-hybridized carbons (Fsp3) is 0.636. The van der Waals surface area contributed by atoms with Crippen molar-refractivity contribution in [3.8, 4) is 0 Å². The molecule has 8 heteroatoms. The van der Waals surface area contributed by atoms with E-state index in [9.17, 15) is 14.0 Å². The van der Waals surface area contributed by atoms with Gasteiger partial charge in [0.05, 0.1) is 0 Å². The van der Waals surface area contributed by atoms with Gasteiger partial charge < -0.3 is 15.3 Å². The molecule has 1 saturated heterocycles. The highest BCUT2D eigenvalue weighted by molar-refractivity contribution is 5.94. The first-order valence-electron chi connectivity index (χ1n) is 10.8. The number of urea groups is 1. The minimum absolute atomic E-state index is 0. The van der Waals surface area contributed by atoms with Crippen LogP contribution in [0.3, 0.4) is 0 Å². The fourth-order valence-corrected chi connectivity index (χ4v) is 5.10. The van der Waals surface area contributed by atoms with Crippen LogP contribution in [0.4, 0.5) is 14.9 Å². The van der Waals surface area contributed by atoms with Crippen molar-refractivity contribution < 1.29 is 19.1 Å². The zero-order valence-electron chi connectivity index (χ0n) is 17.2. The van der Waals surface area contributed by atoms with Crippen LogP contribution < -0.4 is 10.2 Å². The summed E-state index contributed by atoms with van der Waals surface area (Å²) in [7, 11) is 0. The van der Waals surface area contributed by atoms with E-state index in [-0.39, 0.29) is 36.7 Å². The van der Waals surface area contributed by atoms with E-state index in [4.69, 9.17) is 5.11 Å². The Hall–Kier alpha value is -1.86. The normalized spacial score (nSPS) is 24.2. The molecule has 2 heterocycles. The van der Waals surface area contributed by atoms with Gasteiger partial charge >= 0.3 is 12.0 Å². The molecule has 1 aromatic carbocycles. The lowest BCUT2D eigenvalue weighted by atomic mass is 9.83. The summed E-state index contributed by atoms with van der Waals surface area (Å²) in [5.74, 6) is -0.490. The summed E-state index contributed by atoms with van der Waals surface area (Å²) in [5, 5.41) is 12.2. The lowest BCUT2D eigenvalue weighted by Gasteiger charge is -2.34. The molecule has 3 aliphatic rings. The maximum absolute atomic E-state index is 14.7. The van der Waals surface area contributed by atoms with E-state index in [1.807, 2.05) is 11.0 Å². The monoisotopic (exact) mass is 439 g/mol. The molecule has 166 valence electrons. The number of aliphatic carboxylic acids is 1. The number of hydrogen-bond donors (Lipinski definition) is 2. The predicted octanol–water partition coefficient (Wildman–Crippen LogP) is 3.60. The molecule has 0 aromatic heterocycles. The quantitative estimate of drug-likeness (QED) is 0.735. The average Bonchev–Trinajstić information content (AvgIpc) is 2.93. The van der Waals surface area contributed by atoms with Gasteiger partial charge in [-0.15, -0.1) is 12.4 Å². The second-order valence-corrected chi connectivity index (χ2v) is 8.55. The van der Waals surface area contributed by atoms with Crippen LogP contribution in [0.25, 0.3) is 0 Å².